The molecule has 1 N–H and O–H groups in total. The number of ether oxygens (including phenoxy) is 1. The van der Waals surface area contributed by atoms with Crippen molar-refractivity contribution in [3.05, 3.63) is 65.3 Å². The molecule has 1 aliphatic rings. The molecule has 5 nitrogen and oxygen atoms in total. The second-order valence-electron chi connectivity index (χ2n) is 6.48. The third-order valence-corrected chi connectivity index (χ3v) is 4.95. The standard InChI is InChI=1S/C21H21ClN4O/c1-15(16-2-5-18(6-3-16)26-10-12-27-13-11-26)24-25-20-8-9-23-21-14-17(22)4-7-19(20)21/h2-9,14H,10-13H2,1H3,(H,23,25)/b24-15+. The van der Waals surface area contributed by atoms with Crippen molar-refractivity contribution < 1.29 is 4.74 Å². The van der Waals surface area contributed by atoms with Crippen molar-refractivity contribution in [3.8, 4) is 0 Å². The number of rotatable bonds is 4. The topological polar surface area (TPSA) is 49.8 Å². The van der Waals surface area contributed by atoms with Crippen molar-refractivity contribution in [2.75, 3.05) is 36.6 Å². The zero-order valence-corrected chi connectivity index (χ0v) is 15.9. The Bertz CT molecular complexity index is 966. The molecule has 0 unspecified atom stereocenters. The summed E-state index contributed by atoms with van der Waals surface area (Å²) in [7, 11) is 0. The van der Waals surface area contributed by atoms with E-state index in [0.29, 0.717) is 5.02 Å². The minimum Gasteiger partial charge on any atom is -0.378 e. The Morgan fingerprint density at radius 2 is 1.89 bits per heavy atom. The maximum atomic E-state index is 6.05. The Morgan fingerprint density at radius 3 is 2.67 bits per heavy atom. The molecule has 3 aromatic rings. The number of anilines is 2. The zero-order valence-electron chi connectivity index (χ0n) is 15.2. The normalized spacial score (nSPS) is 15.2. The van der Waals surface area contributed by atoms with Gasteiger partial charge in [-0.2, -0.15) is 5.10 Å². The van der Waals surface area contributed by atoms with E-state index in [-0.39, 0.29) is 0 Å². The van der Waals surface area contributed by atoms with Crippen LogP contribution >= 0.6 is 11.6 Å². The molecule has 2 heterocycles. The highest BCUT2D eigenvalue weighted by Crippen LogP contribution is 2.24. The number of hydrogen-bond donors (Lipinski definition) is 1. The van der Waals surface area contributed by atoms with Gasteiger partial charge in [0.05, 0.1) is 30.1 Å². The molecule has 0 amide bonds. The van der Waals surface area contributed by atoms with Crippen LogP contribution in [-0.2, 0) is 4.74 Å². The zero-order chi connectivity index (χ0) is 18.6. The average molecular weight is 381 g/mol. The monoisotopic (exact) mass is 380 g/mol. The Labute approximate surface area is 163 Å². The van der Waals surface area contributed by atoms with Gasteiger partial charge in [-0.3, -0.25) is 10.4 Å². The quantitative estimate of drug-likeness (QED) is 0.532. The first-order valence-corrected chi connectivity index (χ1v) is 9.36. The van der Waals surface area contributed by atoms with Gasteiger partial charge in [0.15, 0.2) is 0 Å². The molecule has 2 aromatic carbocycles. The first kappa shape index (κ1) is 17.8. The highest BCUT2D eigenvalue weighted by Gasteiger charge is 2.11. The van der Waals surface area contributed by atoms with E-state index in [0.717, 1.165) is 54.2 Å². The van der Waals surface area contributed by atoms with Crippen molar-refractivity contribution in [2.24, 2.45) is 5.10 Å². The van der Waals surface area contributed by atoms with Crippen LogP contribution in [-0.4, -0.2) is 37.0 Å². The Kier molecular flexibility index (Phi) is 5.23. The summed E-state index contributed by atoms with van der Waals surface area (Å²) in [4.78, 5) is 6.70. The fourth-order valence-corrected chi connectivity index (χ4v) is 3.33. The number of benzene rings is 2. The maximum absolute atomic E-state index is 6.05. The van der Waals surface area contributed by atoms with E-state index in [1.165, 1.54) is 5.69 Å². The number of morpholine rings is 1. The van der Waals surface area contributed by atoms with Crippen LogP contribution in [0.1, 0.15) is 12.5 Å². The minimum absolute atomic E-state index is 0.673. The van der Waals surface area contributed by atoms with Crippen LogP contribution in [0.3, 0.4) is 0 Å². The lowest BCUT2D eigenvalue weighted by molar-refractivity contribution is 0.122. The Hall–Kier alpha value is -2.63. The largest absolute Gasteiger partial charge is 0.378 e. The van der Waals surface area contributed by atoms with Gasteiger partial charge in [0.2, 0.25) is 0 Å². The SMILES string of the molecule is C/C(=N\Nc1ccnc2cc(Cl)ccc12)c1ccc(N2CCOCC2)cc1. The summed E-state index contributed by atoms with van der Waals surface area (Å²) in [5, 5.41) is 6.21. The van der Waals surface area contributed by atoms with Crippen LogP contribution < -0.4 is 10.3 Å². The van der Waals surface area contributed by atoms with Crippen LogP contribution in [0.15, 0.2) is 59.8 Å². The molecule has 1 saturated heterocycles. The second-order valence-corrected chi connectivity index (χ2v) is 6.91. The van der Waals surface area contributed by atoms with Gasteiger partial charge in [-0.05, 0) is 48.9 Å². The second kappa shape index (κ2) is 7.94. The van der Waals surface area contributed by atoms with Crippen molar-refractivity contribution in [3.63, 3.8) is 0 Å². The first-order valence-electron chi connectivity index (χ1n) is 8.98. The molecule has 0 radical (unpaired) electrons. The molecule has 27 heavy (non-hydrogen) atoms. The predicted octanol–water partition coefficient (Wildman–Crippen LogP) is 4.56. The highest BCUT2D eigenvalue weighted by molar-refractivity contribution is 6.31. The number of halogens is 1. The lowest BCUT2D eigenvalue weighted by Gasteiger charge is -2.28. The maximum Gasteiger partial charge on any atom is 0.0738 e. The van der Waals surface area contributed by atoms with Gasteiger partial charge in [-0.15, -0.1) is 0 Å². The number of hydrogen-bond acceptors (Lipinski definition) is 5. The summed E-state index contributed by atoms with van der Waals surface area (Å²) in [5.41, 5.74) is 8.13. The smallest absolute Gasteiger partial charge is 0.0738 e. The molecule has 0 atom stereocenters. The summed E-state index contributed by atoms with van der Waals surface area (Å²) in [5.74, 6) is 0. The lowest BCUT2D eigenvalue weighted by atomic mass is 10.1. The number of aromatic nitrogens is 1. The van der Waals surface area contributed by atoms with Gasteiger partial charge < -0.3 is 9.64 Å². The Balaban J connectivity index is 1.51. The fraction of sp³-hybridized carbons (Fsp3) is 0.238. The third-order valence-electron chi connectivity index (χ3n) is 4.71. The first-order chi connectivity index (χ1) is 13.2. The van der Waals surface area contributed by atoms with Gasteiger partial charge in [-0.1, -0.05) is 23.7 Å². The van der Waals surface area contributed by atoms with E-state index in [1.807, 2.05) is 31.2 Å². The van der Waals surface area contributed by atoms with E-state index in [1.54, 1.807) is 6.20 Å². The molecule has 0 aliphatic carbocycles. The Morgan fingerprint density at radius 1 is 1.11 bits per heavy atom. The third kappa shape index (κ3) is 4.04. The van der Waals surface area contributed by atoms with Crippen LogP contribution in [0.4, 0.5) is 11.4 Å². The molecule has 1 aromatic heterocycles. The molecule has 6 heteroatoms. The van der Waals surface area contributed by atoms with Gasteiger partial charge >= 0.3 is 0 Å². The van der Waals surface area contributed by atoms with Crippen LogP contribution in [0.2, 0.25) is 5.02 Å². The molecule has 4 rings (SSSR count). The number of pyridine rings is 1. The molecule has 0 spiro atoms. The average Bonchev–Trinajstić information content (AvgIpc) is 2.72. The molecule has 1 fully saturated rings. The van der Waals surface area contributed by atoms with E-state index < -0.39 is 0 Å². The van der Waals surface area contributed by atoms with Crippen molar-refractivity contribution >= 4 is 39.6 Å². The van der Waals surface area contributed by atoms with E-state index >= 15 is 0 Å². The van der Waals surface area contributed by atoms with Crippen molar-refractivity contribution in [1.82, 2.24) is 4.98 Å². The number of hydrazone groups is 1. The van der Waals surface area contributed by atoms with Crippen molar-refractivity contribution in [1.29, 1.82) is 0 Å². The molecule has 1 aliphatic heterocycles. The van der Waals surface area contributed by atoms with Crippen molar-refractivity contribution in [2.45, 2.75) is 6.92 Å². The molecular weight excluding hydrogens is 360 g/mol. The van der Waals surface area contributed by atoms with Gasteiger partial charge in [0, 0.05) is 35.4 Å². The van der Waals surface area contributed by atoms with Crippen LogP contribution in [0, 0.1) is 0 Å². The lowest BCUT2D eigenvalue weighted by Crippen LogP contribution is -2.36. The summed E-state index contributed by atoms with van der Waals surface area (Å²) in [6.07, 6.45) is 1.75. The number of nitrogens with one attached hydrogen (secondary N) is 1. The molecule has 138 valence electrons. The van der Waals surface area contributed by atoms with E-state index in [9.17, 15) is 0 Å². The fourth-order valence-electron chi connectivity index (χ4n) is 3.16. The highest BCUT2D eigenvalue weighted by atomic mass is 35.5. The van der Waals surface area contributed by atoms with Gasteiger partial charge in [0.1, 0.15) is 0 Å². The summed E-state index contributed by atoms with van der Waals surface area (Å²) >= 11 is 6.05. The van der Waals surface area contributed by atoms with E-state index in [2.05, 4.69) is 44.7 Å². The van der Waals surface area contributed by atoms with Gasteiger partial charge in [-0.25, -0.2) is 0 Å². The molecule has 0 bridgehead atoms. The van der Waals surface area contributed by atoms with Crippen LogP contribution in [0.5, 0.6) is 0 Å². The predicted molar refractivity (Wildman–Crippen MR) is 112 cm³/mol. The number of fused-ring (bicyclic) bond motifs is 1. The molecular formula is C21H21ClN4O. The molecule has 0 saturated carbocycles. The van der Waals surface area contributed by atoms with E-state index in [4.69, 9.17) is 16.3 Å². The summed E-state index contributed by atoms with van der Waals surface area (Å²) < 4.78 is 5.41. The van der Waals surface area contributed by atoms with Crippen LogP contribution in [0.25, 0.3) is 10.9 Å². The summed E-state index contributed by atoms with van der Waals surface area (Å²) in [6.45, 7) is 5.45. The van der Waals surface area contributed by atoms with Gasteiger partial charge in [0.25, 0.3) is 0 Å². The number of nitrogens with zero attached hydrogens (tertiary/aromatic N) is 3. The summed E-state index contributed by atoms with van der Waals surface area (Å²) in [6, 6.07) is 16.1. The minimum atomic E-state index is 0.673.